The summed E-state index contributed by atoms with van der Waals surface area (Å²) in [6, 6.07) is 3.74. The van der Waals surface area contributed by atoms with Crippen molar-refractivity contribution in [3.05, 3.63) is 35.4 Å². The predicted molar refractivity (Wildman–Crippen MR) is 92.8 cm³/mol. The van der Waals surface area contributed by atoms with Crippen LogP contribution in [-0.4, -0.2) is 44.3 Å². The number of carbonyl (C=O) groups excluding carboxylic acids is 2. The summed E-state index contributed by atoms with van der Waals surface area (Å²) in [5, 5.41) is 4.41. The second-order valence-electron chi connectivity index (χ2n) is 6.39. The fourth-order valence-electron chi connectivity index (χ4n) is 2.89. The zero-order chi connectivity index (χ0) is 20.1. The number of benzene rings is 1. The minimum Gasteiger partial charge on any atom is -0.353 e. The largest absolute Gasteiger partial charge is 0.416 e. The SMILES string of the molecule is O=C(CS(=O)(=O)C1CCCC1)NCCNC(=O)c1ccc(C(F)(F)F)cc1. The van der Waals surface area contributed by atoms with Gasteiger partial charge in [-0.05, 0) is 37.1 Å². The van der Waals surface area contributed by atoms with E-state index in [2.05, 4.69) is 10.6 Å². The van der Waals surface area contributed by atoms with E-state index in [0.717, 1.165) is 37.1 Å². The lowest BCUT2D eigenvalue weighted by molar-refractivity contribution is -0.137. The average Bonchev–Trinajstić information content (AvgIpc) is 3.13. The number of alkyl halides is 3. The molecule has 0 bridgehead atoms. The fourth-order valence-corrected chi connectivity index (χ4v) is 4.64. The van der Waals surface area contributed by atoms with Crippen molar-refractivity contribution < 1.29 is 31.2 Å². The van der Waals surface area contributed by atoms with Crippen molar-refractivity contribution in [1.29, 1.82) is 0 Å². The average molecular weight is 406 g/mol. The molecule has 0 saturated heterocycles. The van der Waals surface area contributed by atoms with Crippen LogP contribution in [0.4, 0.5) is 13.2 Å². The molecule has 2 N–H and O–H groups in total. The van der Waals surface area contributed by atoms with Crippen LogP contribution in [0.3, 0.4) is 0 Å². The molecule has 10 heteroatoms. The van der Waals surface area contributed by atoms with Crippen LogP contribution in [0.25, 0.3) is 0 Å². The maximum absolute atomic E-state index is 12.5. The molecule has 1 aliphatic rings. The third-order valence-corrected chi connectivity index (χ3v) is 6.50. The summed E-state index contributed by atoms with van der Waals surface area (Å²) in [6.45, 7) is 0.0421. The number of nitrogens with one attached hydrogen (secondary N) is 2. The van der Waals surface area contributed by atoms with Gasteiger partial charge in [-0.25, -0.2) is 8.42 Å². The smallest absolute Gasteiger partial charge is 0.353 e. The molecule has 0 unspecified atom stereocenters. The quantitative estimate of drug-likeness (QED) is 0.677. The van der Waals surface area contributed by atoms with Crippen molar-refractivity contribution in [3.63, 3.8) is 0 Å². The lowest BCUT2D eigenvalue weighted by Gasteiger charge is -2.11. The van der Waals surface area contributed by atoms with Crippen LogP contribution in [0.2, 0.25) is 0 Å². The van der Waals surface area contributed by atoms with Crippen LogP contribution < -0.4 is 10.6 Å². The van der Waals surface area contributed by atoms with E-state index in [4.69, 9.17) is 0 Å². The summed E-state index contributed by atoms with van der Waals surface area (Å²) in [5.41, 5.74) is -0.798. The first kappa shape index (κ1) is 21.2. The molecule has 1 saturated carbocycles. The summed E-state index contributed by atoms with van der Waals surface area (Å²) in [6.07, 6.45) is -1.61. The van der Waals surface area contributed by atoms with Crippen LogP contribution in [-0.2, 0) is 20.8 Å². The monoisotopic (exact) mass is 406 g/mol. The molecule has 2 amide bonds. The number of hydrogen-bond donors (Lipinski definition) is 2. The third-order valence-electron chi connectivity index (χ3n) is 4.35. The molecular weight excluding hydrogens is 385 g/mol. The van der Waals surface area contributed by atoms with Gasteiger partial charge in [0.1, 0.15) is 5.75 Å². The molecular formula is C17H21F3N2O4S. The van der Waals surface area contributed by atoms with E-state index in [-0.39, 0.29) is 18.7 Å². The standard InChI is InChI=1S/C17H21F3N2O4S/c18-17(19,20)13-7-5-12(6-8-13)16(24)22-10-9-21-15(23)11-27(25,26)14-3-1-2-4-14/h5-8,14H,1-4,9-11H2,(H,21,23)(H,22,24). The van der Waals surface area contributed by atoms with Crippen molar-refractivity contribution in [3.8, 4) is 0 Å². The maximum atomic E-state index is 12.5. The number of amides is 2. The Kier molecular flexibility index (Phi) is 6.85. The molecule has 1 aliphatic carbocycles. The highest BCUT2D eigenvalue weighted by atomic mass is 32.2. The van der Waals surface area contributed by atoms with E-state index >= 15 is 0 Å². The third kappa shape index (κ3) is 6.23. The fraction of sp³-hybridized carbons (Fsp3) is 0.529. The molecule has 2 rings (SSSR count). The maximum Gasteiger partial charge on any atom is 0.416 e. The Hall–Kier alpha value is -2.10. The lowest BCUT2D eigenvalue weighted by Crippen LogP contribution is -2.38. The van der Waals surface area contributed by atoms with Gasteiger partial charge in [0.05, 0.1) is 10.8 Å². The van der Waals surface area contributed by atoms with Crippen molar-refractivity contribution in [1.82, 2.24) is 10.6 Å². The first-order valence-electron chi connectivity index (χ1n) is 8.53. The molecule has 150 valence electrons. The Labute approximate surface area is 155 Å². The van der Waals surface area contributed by atoms with Gasteiger partial charge in [0.15, 0.2) is 9.84 Å². The number of sulfone groups is 1. The first-order valence-corrected chi connectivity index (χ1v) is 10.2. The minimum absolute atomic E-state index is 0.0192. The van der Waals surface area contributed by atoms with Gasteiger partial charge < -0.3 is 10.6 Å². The Balaban J connectivity index is 1.73. The summed E-state index contributed by atoms with van der Waals surface area (Å²) >= 11 is 0. The van der Waals surface area contributed by atoms with E-state index < -0.39 is 44.4 Å². The molecule has 0 atom stereocenters. The molecule has 1 aromatic rings. The summed E-state index contributed by atoms with van der Waals surface area (Å²) in [5.74, 6) is -1.80. The molecule has 6 nitrogen and oxygen atoms in total. The summed E-state index contributed by atoms with van der Waals surface area (Å²) in [4.78, 5) is 23.6. The molecule has 0 heterocycles. The predicted octanol–water partition coefficient (Wildman–Crippen LogP) is 1.91. The van der Waals surface area contributed by atoms with Crippen molar-refractivity contribution in [2.24, 2.45) is 0 Å². The van der Waals surface area contributed by atoms with E-state index in [1.165, 1.54) is 0 Å². The van der Waals surface area contributed by atoms with Crippen molar-refractivity contribution in [2.75, 3.05) is 18.8 Å². The number of hydrogen-bond acceptors (Lipinski definition) is 4. The highest BCUT2D eigenvalue weighted by Gasteiger charge is 2.31. The second kappa shape index (κ2) is 8.73. The van der Waals surface area contributed by atoms with Crippen LogP contribution in [0, 0.1) is 0 Å². The molecule has 1 aromatic carbocycles. The van der Waals surface area contributed by atoms with Gasteiger partial charge in [-0.15, -0.1) is 0 Å². The van der Waals surface area contributed by atoms with E-state index in [0.29, 0.717) is 12.8 Å². The van der Waals surface area contributed by atoms with E-state index in [1.807, 2.05) is 0 Å². The van der Waals surface area contributed by atoms with Gasteiger partial charge >= 0.3 is 6.18 Å². The van der Waals surface area contributed by atoms with Gasteiger partial charge in [0, 0.05) is 18.7 Å². The second-order valence-corrected chi connectivity index (χ2v) is 8.68. The summed E-state index contributed by atoms with van der Waals surface area (Å²) < 4.78 is 61.5. The Morgan fingerprint density at radius 3 is 2.11 bits per heavy atom. The van der Waals surface area contributed by atoms with Crippen LogP contribution >= 0.6 is 0 Å². The van der Waals surface area contributed by atoms with Crippen molar-refractivity contribution in [2.45, 2.75) is 37.1 Å². The van der Waals surface area contributed by atoms with Crippen LogP contribution in [0.5, 0.6) is 0 Å². The normalized spacial score (nSPS) is 15.5. The highest BCUT2D eigenvalue weighted by Crippen LogP contribution is 2.29. The molecule has 27 heavy (non-hydrogen) atoms. The van der Waals surface area contributed by atoms with E-state index in [9.17, 15) is 31.2 Å². The molecule has 0 aromatic heterocycles. The van der Waals surface area contributed by atoms with Gasteiger partial charge in [-0.1, -0.05) is 12.8 Å². The van der Waals surface area contributed by atoms with Gasteiger partial charge in [0.25, 0.3) is 5.91 Å². The first-order chi connectivity index (χ1) is 12.6. The number of rotatable bonds is 7. The van der Waals surface area contributed by atoms with Crippen molar-refractivity contribution >= 4 is 21.7 Å². The zero-order valence-electron chi connectivity index (χ0n) is 14.5. The van der Waals surface area contributed by atoms with Gasteiger partial charge in [-0.3, -0.25) is 9.59 Å². The van der Waals surface area contributed by atoms with Crippen LogP contribution in [0.1, 0.15) is 41.6 Å². The Morgan fingerprint density at radius 2 is 1.56 bits per heavy atom. The minimum atomic E-state index is -4.47. The van der Waals surface area contributed by atoms with Gasteiger partial charge in [-0.2, -0.15) is 13.2 Å². The van der Waals surface area contributed by atoms with Crippen LogP contribution in [0.15, 0.2) is 24.3 Å². The Bertz CT molecular complexity index is 770. The lowest BCUT2D eigenvalue weighted by atomic mass is 10.1. The Morgan fingerprint density at radius 1 is 1.00 bits per heavy atom. The summed E-state index contributed by atoms with van der Waals surface area (Å²) in [7, 11) is -3.46. The number of carbonyl (C=O) groups is 2. The van der Waals surface area contributed by atoms with Gasteiger partial charge in [0.2, 0.25) is 5.91 Å². The molecule has 0 radical (unpaired) electrons. The zero-order valence-corrected chi connectivity index (χ0v) is 15.3. The molecule has 0 aliphatic heterocycles. The molecule has 0 spiro atoms. The van der Waals surface area contributed by atoms with E-state index in [1.54, 1.807) is 0 Å². The molecule has 1 fully saturated rings. The highest BCUT2D eigenvalue weighted by molar-refractivity contribution is 7.92. The topological polar surface area (TPSA) is 92.3 Å². The number of halogens is 3.